The van der Waals surface area contributed by atoms with Gasteiger partial charge in [0.15, 0.2) is 0 Å². The summed E-state index contributed by atoms with van der Waals surface area (Å²) in [6, 6.07) is 8.89. The molecule has 0 fully saturated rings. The predicted octanol–water partition coefficient (Wildman–Crippen LogP) is 3.48. The molecule has 0 saturated carbocycles. The van der Waals surface area contributed by atoms with Gasteiger partial charge in [-0.15, -0.1) is 11.3 Å². The van der Waals surface area contributed by atoms with Crippen molar-refractivity contribution in [2.45, 2.75) is 38.8 Å². The van der Waals surface area contributed by atoms with Crippen molar-refractivity contribution in [1.82, 2.24) is 19.4 Å². The fraction of sp³-hybridized carbons (Fsp3) is 0.429. The number of aryl methyl sites for hydroxylation is 1. The summed E-state index contributed by atoms with van der Waals surface area (Å²) >= 11 is 1.80. The van der Waals surface area contributed by atoms with E-state index in [1.807, 2.05) is 6.92 Å². The Hall–Kier alpha value is -2.78. The van der Waals surface area contributed by atoms with Crippen LogP contribution in [0.4, 0.5) is 5.82 Å². The Morgan fingerprint density at radius 2 is 2.00 bits per heavy atom. The van der Waals surface area contributed by atoms with Crippen LogP contribution in [0.2, 0.25) is 0 Å². The van der Waals surface area contributed by atoms with Gasteiger partial charge in [-0.2, -0.15) is 0 Å². The van der Waals surface area contributed by atoms with Crippen LogP contribution in [0.5, 0.6) is 6.01 Å². The lowest BCUT2D eigenvalue weighted by Gasteiger charge is -2.29. The van der Waals surface area contributed by atoms with Gasteiger partial charge in [-0.3, -0.25) is 9.47 Å². The largest absolute Gasteiger partial charge is 0.436 e. The normalized spacial score (nSPS) is 21.0. The van der Waals surface area contributed by atoms with E-state index in [-0.39, 0.29) is 5.82 Å². The van der Waals surface area contributed by atoms with Gasteiger partial charge in [-0.1, -0.05) is 29.8 Å². The molecule has 0 aliphatic carbocycles. The van der Waals surface area contributed by atoms with Crippen LogP contribution >= 0.6 is 11.3 Å². The lowest BCUT2D eigenvalue weighted by atomic mass is 10.1. The number of hydrogen-bond donors (Lipinski definition) is 0. The molecule has 0 saturated heterocycles. The van der Waals surface area contributed by atoms with Gasteiger partial charge in [0.1, 0.15) is 16.8 Å². The van der Waals surface area contributed by atoms with Crippen molar-refractivity contribution in [3.05, 3.63) is 56.7 Å². The van der Waals surface area contributed by atoms with Crippen LogP contribution in [0.1, 0.15) is 23.1 Å². The van der Waals surface area contributed by atoms with Gasteiger partial charge in [-0.05, 0) is 25.2 Å². The van der Waals surface area contributed by atoms with Gasteiger partial charge in [0, 0.05) is 41.5 Å². The molecule has 0 amide bonds. The molecule has 156 valence electrons. The Morgan fingerprint density at radius 1 is 1.23 bits per heavy atom. The van der Waals surface area contributed by atoms with Gasteiger partial charge < -0.3 is 14.9 Å². The van der Waals surface area contributed by atoms with Gasteiger partial charge in [0.25, 0.3) is 0 Å². The summed E-state index contributed by atoms with van der Waals surface area (Å²) in [7, 11) is 0. The number of aromatic nitrogens is 3. The number of fused-ring (bicyclic) bond motifs is 2. The molecule has 0 radical (unpaired) electrons. The van der Waals surface area contributed by atoms with Crippen LogP contribution in [0.15, 0.2) is 30.5 Å². The molecule has 0 spiro atoms. The highest BCUT2D eigenvalue weighted by Crippen LogP contribution is 2.33. The van der Waals surface area contributed by atoms with Crippen molar-refractivity contribution >= 4 is 17.2 Å². The maximum Gasteiger partial charge on any atom is 0.415 e. The predicted molar refractivity (Wildman–Crippen MR) is 114 cm³/mol. The highest BCUT2D eigenvalue weighted by Gasteiger charge is 2.41. The zero-order valence-electron chi connectivity index (χ0n) is 17.0. The number of nitrogens with zero attached hydrogens (tertiary/aromatic N) is 5. The number of rotatable bonds is 4. The van der Waals surface area contributed by atoms with Crippen LogP contribution < -0.4 is 4.74 Å². The van der Waals surface area contributed by atoms with Crippen molar-refractivity contribution in [1.29, 1.82) is 0 Å². The van der Waals surface area contributed by atoms with Gasteiger partial charge in [-0.25, -0.2) is 4.98 Å². The highest BCUT2D eigenvalue weighted by atomic mass is 32.1. The fourth-order valence-electron chi connectivity index (χ4n) is 4.22. The van der Waals surface area contributed by atoms with E-state index in [0.29, 0.717) is 12.6 Å². The fourth-order valence-corrected chi connectivity index (χ4v) is 5.33. The second-order valence-electron chi connectivity index (χ2n) is 8.35. The Morgan fingerprint density at radius 3 is 2.73 bits per heavy atom. The second-order valence-corrected chi connectivity index (χ2v) is 9.43. The minimum absolute atomic E-state index is 0.165. The third-order valence-electron chi connectivity index (χ3n) is 5.71. The first-order chi connectivity index (χ1) is 14.4. The number of nitro groups is 1. The maximum atomic E-state index is 10.9. The first-order valence-corrected chi connectivity index (χ1v) is 10.9. The Labute approximate surface area is 178 Å². The minimum Gasteiger partial charge on any atom is -0.436 e. The van der Waals surface area contributed by atoms with E-state index >= 15 is 0 Å². The number of ether oxygens (including phenoxy) is 1. The smallest absolute Gasteiger partial charge is 0.415 e. The number of hydrogen-bond acceptors (Lipinski definition) is 7. The van der Waals surface area contributed by atoms with E-state index in [0.717, 1.165) is 37.5 Å². The molecule has 9 heteroatoms. The molecular formula is C21H23N5O3S. The van der Waals surface area contributed by atoms with Crippen LogP contribution in [-0.2, 0) is 19.4 Å². The summed E-state index contributed by atoms with van der Waals surface area (Å²) in [5.74, 6) is -0.165. The van der Waals surface area contributed by atoms with E-state index in [1.165, 1.54) is 27.9 Å². The van der Waals surface area contributed by atoms with Crippen molar-refractivity contribution in [3.8, 4) is 16.6 Å². The lowest BCUT2D eigenvalue weighted by molar-refractivity contribution is -0.389. The first kappa shape index (κ1) is 19.2. The standard InChI is InChI=1S/C21H23N5O3S/c1-14-3-5-15(6-4-14)19-22-16-7-9-24(10-8-17(16)30-19)12-21(2)13-25-11-18(26(27)28)23-20(25)29-21/h3-6,11H,7-10,12-13H2,1-2H3/t21-/m0/s1. The van der Waals surface area contributed by atoms with Gasteiger partial charge in [0.05, 0.1) is 12.2 Å². The topological polar surface area (TPSA) is 86.3 Å². The molecule has 1 aromatic carbocycles. The van der Waals surface area contributed by atoms with E-state index in [4.69, 9.17) is 9.72 Å². The Balaban J connectivity index is 1.24. The van der Waals surface area contributed by atoms with Crippen LogP contribution in [0.3, 0.4) is 0 Å². The zero-order chi connectivity index (χ0) is 20.9. The minimum atomic E-state index is -0.489. The van der Waals surface area contributed by atoms with Crippen molar-refractivity contribution in [3.63, 3.8) is 0 Å². The molecule has 4 heterocycles. The molecular weight excluding hydrogens is 402 g/mol. The molecule has 2 aliphatic rings. The van der Waals surface area contributed by atoms with Crippen LogP contribution in [0.25, 0.3) is 10.6 Å². The third kappa shape index (κ3) is 3.59. The number of imidazole rings is 1. The second kappa shape index (κ2) is 7.17. The lowest BCUT2D eigenvalue weighted by Crippen LogP contribution is -2.45. The molecule has 2 aliphatic heterocycles. The van der Waals surface area contributed by atoms with Gasteiger partial charge >= 0.3 is 11.8 Å². The summed E-state index contributed by atoms with van der Waals surface area (Å²) in [6.07, 6.45) is 3.35. The molecule has 0 N–H and O–H groups in total. The first-order valence-electron chi connectivity index (χ1n) is 10.1. The van der Waals surface area contributed by atoms with E-state index in [1.54, 1.807) is 15.9 Å². The van der Waals surface area contributed by atoms with Crippen molar-refractivity contribution in [2.24, 2.45) is 0 Å². The average Bonchev–Trinajstić information content (AvgIpc) is 3.32. The molecule has 0 bridgehead atoms. The van der Waals surface area contributed by atoms with Crippen LogP contribution in [-0.4, -0.2) is 49.6 Å². The summed E-state index contributed by atoms with van der Waals surface area (Å²) in [5.41, 5.74) is 3.21. The number of benzene rings is 1. The quantitative estimate of drug-likeness (QED) is 0.470. The van der Waals surface area contributed by atoms with E-state index in [2.05, 4.69) is 41.1 Å². The van der Waals surface area contributed by atoms with E-state index in [9.17, 15) is 10.1 Å². The van der Waals surface area contributed by atoms with Crippen molar-refractivity contribution in [2.75, 3.05) is 19.6 Å². The molecule has 5 rings (SSSR count). The Kier molecular flexibility index (Phi) is 4.59. The summed E-state index contributed by atoms with van der Waals surface area (Å²) < 4.78 is 7.74. The maximum absolute atomic E-state index is 10.9. The van der Waals surface area contributed by atoms with Gasteiger partial charge in [0.2, 0.25) is 0 Å². The summed E-state index contributed by atoms with van der Waals surface area (Å²) in [4.78, 5) is 23.1. The number of thiazole rings is 1. The molecule has 2 aromatic heterocycles. The van der Waals surface area contributed by atoms with Crippen molar-refractivity contribution < 1.29 is 9.66 Å². The Bertz CT molecular complexity index is 1060. The summed E-state index contributed by atoms with van der Waals surface area (Å²) in [5, 5.41) is 12.0. The van der Waals surface area contributed by atoms with Crippen LogP contribution in [0, 0.1) is 17.0 Å². The molecule has 30 heavy (non-hydrogen) atoms. The monoisotopic (exact) mass is 425 g/mol. The zero-order valence-corrected chi connectivity index (χ0v) is 17.8. The summed E-state index contributed by atoms with van der Waals surface area (Å²) in [6.45, 7) is 7.33. The third-order valence-corrected chi connectivity index (χ3v) is 6.92. The molecule has 0 unspecified atom stereocenters. The SMILES string of the molecule is Cc1ccc(-c2nc3c(s2)CCN(C[C@@]2(C)Cn4cc([N+](=O)[O-])nc4O2)CC3)cc1. The average molecular weight is 426 g/mol. The molecule has 8 nitrogen and oxygen atoms in total. The molecule has 3 aromatic rings. The van der Waals surface area contributed by atoms with E-state index < -0.39 is 10.5 Å². The highest BCUT2D eigenvalue weighted by molar-refractivity contribution is 7.15. The molecule has 1 atom stereocenters.